The first kappa shape index (κ1) is 23.3. The summed E-state index contributed by atoms with van der Waals surface area (Å²) in [4.78, 5) is 31.4. The fraction of sp³-hybridized carbons (Fsp3) is 0.520. The number of methoxy groups -OCH3 is 1. The molecule has 0 spiro atoms. The third-order valence-corrected chi connectivity index (χ3v) is 6.57. The van der Waals surface area contributed by atoms with E-state index in [1.165, 1.54) is 10.4 Å². The molecule has 5 nitrogen and oxygen atoms in total. The smallest absolute Gasteiger partial charge is 0.242 e. The molecule has 0 saturated carbocycles. The minimum atomic E-state index is -0.130. The molecular formula is C25H34N2O3S. The Morgan fingerprint density at radius 3 is 2.52 bits per heavy atom. The molecule has 0 N–H and O–H groups in total. The highest BCUT2D eigenvalue weighted by atomic mass is 32.1. The van der Waals surface area contributed by atoms with Crippen LogP contribution in [-0.4, -0.2) is 48.4 Å². The van der Waals surface area contributed by atoms with Crippen molar-refractivity contribution in [3.05, 3.63) is 51.7 Å². The number of thiophene rings is 1. The Hall–Kier alpha value is -2.34. The van der Waals surface area contributed by atoms with Gasteiger partial charge in [0.25, 0.3) is 0 Å². The van der Waals surface area contributed by atoms with E-state index < -0.39 is 0 Å². The molecule has 6 heteroatoms. The number of benzene rings is 1. The summed E-state index contributed by atoms with van der Waals surface area (Å²) in [5.74, 6) is 0.857. The average Bonchev–Trinajstić information content (AvgIpc) is 3.20. The number of nitrogens with zero attached hydrogens (tertiary/aromatic N) is 2. The Balaban J connectivity index is 1.85. The molecule has 0 saturated heterocycles. The zero-order valence-electron chi connectivity index (χ0n) is 19.3. The van der Waals surface area contributed by atoms with Crippen LogP contribution in [0.5, 0.6) is 5.75 Å². The summed E-state index contributed by atoms with van der Waals surface area (Å²) in [7, 11) is 1.65. The molecule has 2 aromatic rings. The van der Waals surface area contributed by atoms with Crippen molar-refractivity contribution in [3.63, 3.8) is 0 Å². The normalized spacial score (nSPS) is 16.0. The first-order valence-electron chi connectivity index (χ1n) is 11.0. The quantitative estimate of drug-likeness (QED) is 0.612. The van der Waals surface area contributed by atoms with E-state index in [1.54, 1.807) is 23.3 Å². The van der Waals surface area contributed by atoms with Crippen LogP contribution in [0.4, 0.5) is 0 Å². The van der Waals surface area contributed by atoms with Crippen LogP contribution in [0, 0.1) is 5.41 Å². The summed E-state index contributed by atoms with van der Waals surface area (Å²) >= 11 is 1.75. The predicted octanol–water partition coefficient (Wildman–Crippen LogP) is 4.91. The van der Waals surface area contributed by atoms with Crippen molar-refractivity contribution in [2.75, 3.05) is 26.7 Å². The highest BCUT2D eigenvalue weighted by molar-refractivity contribution is 7.10. The predicted molar refractivity (Wildman–Crippen MR) is 126 cm³/mol. The largest absolute Gasteiger partial charge is 0.497 e. The van der Waals surface area contributed by atoms with Gasteiger partial charge in [-0.3, -0.25) is 9.59 Å². The number of ether oxygens (including phenoxy) is 1. The highest BCUT2D eigenvalue weighted by Crippen LogP contribution is 2.38. The van der Waals surface area contributed by atoms with Crippen molar-refractivity contribution in [3.8, 4) is 5.75 Å². The number of carbonyl (C=O) groups is 2. The molecule has 31 heavy (non-hydrogen) atoms. The van der Waals surface area contributed by atoms with Gasteiger partial charge in [-0.05, 0) is 53.0 Å². The highest BCUT2D eigenvalue weighted by Gasteiger charge is 2.34. The zero-order valence-corrected chi connectivity index (χ0v) is 20.1. The van der Waals surface area contributed by atoms with Crippen molar-refractivity contribution < 1.29 is 14.3 Å². The van der Waals surface area contributed by atoms with E-state index in [9.17, 15) is 9.59 Å². The summed E-state index contributed by atoms with van der Waals surface area (Å²) in [6.45, 7) is 9.61. The van der Waals surface area contributed by atoms with Gasteiger partial charge in [-0.1, -0.05) is 39.8 Å². The Morgan fingerprint density at radius 2 is 1.90 bits per heavy atom. The number of amides is 2. The number of carbonyl (C=O) groups excluding carboxylic acids is 2. The first-order chi connectivity index (χ1) is 14.7. The molecule has 3 rings (SSSR count). The van der Waals surface area contributed by atoms with Gasteiger partial charge in [0.05, 0.1) is 19.7 Å². The van der Waals surface area contributed by atoms with Crippen LogP contribution in [0.3, 0.4) is 0 Å². The standard InChI is InChI=1S/C25H34N2O3S/c1-6-13-26(22(28)16-25(2,3)4)17-23(29)27-14-11-21-20(12-15-31-21)24(27)18-7-9-19(30-5)10-8-18/h7-10,12,15,24H,6,11,13-14,16-17H2,1-5H3. The second-order valence-corrected chi connectivity index (χ2v) is 10.4. The molecule has 1 aliphatic rings. The molecule has 0 radical (unpaired) electrons. The first-order valence-corrected chi connectivity index (χ1v) is 11.9. The molecule has 0 aliphatic carbocycles. The summed E-state index contributed by atoms with van der Waals surface area (Å²) in [5.41, 5.74) is 2.16. The molecule has 2 amide bonds. The second kappa shape index (κ2) is 9.86. The van der Waals surface area contributed by atoms with E-state index in [-0.39, 0.29) is 29.8 Å². The molecule has 168 valence electrons. The van der Waals surface area contributed by atoms with Crippen LogP contribution in [0.25, 0.3) is 0 Å². The molecule has 1 aromatic carbocycles. The van der Waals surface area contributed by atoms with Gasteiger partial charge in [0.1, 0.15) is 5.75 Å². The SMILES string of the molecule is CCCN(CC(=O)N1CCc2sccc2C1c1ccc(OC)cc1)C(=O)CC(C)(C)C. The van der Waals surface area contributed by atoms with Gasteiger partial charge in [-0.25, -0.2) is 0 Å². The lowest BCUT2D eigenvalue weighted by Crippen LogP contribution is -2.47. The number of hydrogen-bond acceptors (Lipinski definition) is 4. The summed E-state index contributed by atoms with van der Waals surface area (Å²) in [5, 5.41) is 2.10. The van der Waals surface area contributed by atoms with Crippen LogP contribution < -0.4 is 4.74 Å². The third-order valence-electron chi connectivity index (χ3n) is 5.57. The minimum Gasteiger partial charge on any atom is -0.497 e. The fourth-order valence-electron chi connectivity index (χ4n) is 4.11. The van der Waals surface area contributed by atoms with Crippen molar-refractivity contribution in [2.24, 2.45) is 5.41 Å². The maximum atomic E-state index is 13.5. The van der Waals surface area contributed by atoms with Crippen LogP contribution in [0.2, 0.25) is 0 Å². The maximum absolute atomic E-state index is 13.5. The van der Waals surface area contributed by atoms with Crippen LogP contribution in [-0.2, 0) is 16.0 Å². The van der Waals surface area contributed by atoms with Gasteiger partial charge in [0, 0.05) is 24.4 Å². The van der Waals surface area contributed by atoms with E-state index in [2.05, 4.69) is 32.2 Å². The molecule has 1 unspecified atom stereocenters. The summed E-state index contributed by atoms with van der Waals surface area (Å²) < 4.78 is 5.31. The van der Waals surface area contributed by atoms with Gasteiger partial charge in [0.15, 0.2) is 0 Å². The monoisotopic (exact) mass is 442 g/mol. The Bertz CT molecular complexity index is 898. The van der Waals surface area contributed by atoms with Crippen LogP contribution in [0.15, 0.2) is 35.7 Å². The Morgan fingerprint density at radius 1 is 1.19 bits per heavy atom. The van der Waals surface area contributed by atoms with Crippen molar-refractivity contribution in [2.45, 2.75) is 53.0 Å². The second-order valence-electron chi connectivity index (χ2n) is 9.36. The van der Waals surface area contributed by atoms with Crippen molar-refractivity contribution in [1.82, 2.24) is 9.80 Å². The maximum Gasteiger partial charge on any atom is 0.242 e. The molecule has 2 heterocycles. The lowest BCUT2D eigenvalue weighted by Gasteiger charge is -2.38. The minimum absolute atomic E-state index is 0.00776. The van der Waals surface area contributed by atoms with Crippen LogP contribution >= 0.6 is 11.3 Å². The van der Waals surface area contributed by atoms with Gasteiger partial charge >= 0.3 is 0 Å². The van der Waals surface area contributed by atoms with Gasteiger partial charge in [-0.15, -0.1) is 11.3 Å². The molecule has 1 aliphatic heterocycles. The zero-order chi connectivity index (χ0) is 22.6. The fourth-order valence-corrected chi connectivity index (χ4v) is 5.02. The Labute approximate surface area is 190 Å². The van der Waals surface area contributed by atoms with Crippen molar-refractivity contribution >= 4 is 23.2 Å². The van der Waals surface area contributed by atoms with Gasteiger partial charge in [0.2, 0.25) is 11.8 Å². The summed E-state index contributed by atoms with van der Waals surface area (Å²) in [6.07, 6.45) is 2.13. The number of rotatable bonds is 7. The van der Waals surface area contributed by atoms with E-state index in [1.807, 2.05) is 36.1 Å². The Kier molecular flexibility index (Phi) is 7.42. The number of hydrogen-bond donors (Lipinski definition) is 0. The van der Waals surface area contributed by atoms with E-state index >= 15 is 0 Å². The van der Waals surface area contributed by atoms with Crippen LogP contribution in [0.1, 0.15) is 62.6 Å². The molecule has 0 fully saturated rings. The third kappa shape index (κ3) is 5.67. The lowest BCUT2D eigenvalue weighted by molar-refractivity contribution is -0.142. The van der Waals surface area contributed by atoms with Gasteiger partial charge in [-0.2, -0.15) is 0 Å². The topological polar surface area (TPSA) is 49.9 Å². The average molecular weight is 443 g/mol. The van der Waals surface area contributed by atoms with Crippen molar-refractivity contribution in [1.29, 1.82) is 0 Å². The van der Waals surface area contributed by atoms with E-state index in [4.69, 9.17) is 4.74 Å². The molecule has 1 aromatic heterocycles. The van der Waals surface area contributed by atoms with Gasteiger partial charge < -0.3 is 14.5 Å². The molecular weight excluding hydrogens is 408 g/mol. The molecule has 0 bridgehead atoms. The lowest BCUT2D eigenvalue weighted by atomic mass is 9.91. The van der Waals surface area contributed by atoms with E-state index in [0.29, 0.717) is 19.5 Å². The molecule has 1 atom stereocenters. The summed E-state index contributed by atoms with van der Waals surface area (Å²) in [6, 6.07) is 9.94. The van der Waals surface area contributed by atoms with E-state index in [0.717, 1.165) is 24.2 Å². The number of fused-ring (bicyclic) bond motifs is 1.